The zero-order valence-electron chi connectivity index (χ0n) is 14.0. The van der Waals surface area contributed by atoms with Crippen LogP contribution in [0.5, 0.6) is 0 Å². The second kappa shape index (κ2) is 10.2. The van der Waals surface area contributed by atoms with E-state index in [2.05, 4.69) is 10.6 Å². The van der Waals surface area contributed by atoms with Crippen molar-refractivity contribution in [1.29, 1.82) is 0 Å². The van der Waals surface area contributed by atoms with Crippen LogP contribution in [-0.4, -0.2) is 29.1 Å². The molecule has 2 aromatic carbocycles. The number of alkyl halides is 2. The Hall–Kier alpha value is -2.06. The summed E-state index contributed by atoms with van der Waals surface area (Å²) in [7, 11) is 0. The molecule has 26 heavy (non-hydrogen) atoms. The molecule has 0 heterocycles. The molecule has 2 amide bonds. The number of hydrogen-bond acceptors (Lipinski definition) is 4. The molecular weight excluding hydrogens is 378 g/mol. The number of amides is 2. The summed E-state index contributed by atoms with van der Waals surface area (Å²) in [6.45, 7) is 1.94. The molecule has 138 valence electrons. The van der Waals surface area contributed by atoms with Gasteiger partial charge in [-0.2, -0.15) is 8.78 Å². The number of rotatable bonds is 8. The third-order valence-corrected chi connectivity index (χ3v) is 4.79. The first-order valence-electron chi connectivity index (χ1n) is 7.71. The van der Waals surface area contributed by atoms with Gasteiger partial charge in [0.15, 0.2) is 0 Å². The molecule has 2 aromatic rings. The summed E-state index contributed by atoms with van der Waals surface area (Å²) in [4.78, 5) is 24.2. The van der Waals surface area contributed by atoms with E-state index in [0.717, 1.165) is 11.3 Å². The van der Waals surface area contributed by atoms with Crippen molar-refractivity contribution in [3.63, 3.8) is 0 Å². The number of thioether (sulfide) groups is 2. The highest BCUT2D eigenvalue weighted by Gasteiger charge is 2.08. The van der Waals surface area contributed by atoms with Crippen molar-refractivity contribution in [3.05, 3.63) is 54.1 Å². The number of carbonyl (C=O) groups is 2. The summed E-state index contributed by atoms with van der Waals surface area (Å²) in [6, 6.07) is 13.6. The van der Waals surface area contributed by atoms with E-state index in [1.165, 1.54) is 23.9 Å². The highest BCUT2D eigenvalue weighted by atomic mass is 32.2. The number of aryl methyl sites for hydroxylation is 1. The van der Waals surface area contributed by atoms with E-state index in [-0.39, 0.29) is 23.3 Å². The average molecular weight is 396 g/mol. The van der Waals surface area contributed by atoms with Gasteiger partial charge < -0.3 is 10.6 Å². The lowest BCUT2D eigenvalue weighted by Gasteiger charge is -2.07. The Kier molecular flexibility index (Phi) is 7.93. The molecule has 0 unspecified atom stereocenters. The average Bonchev–Trinajstić information content (AvgIpc) is 2.56. The van der Waals surface area contributed by atoms with Gasteiger partial charge in [-0.25, -0.2) is 0 Å². The first kappa shape index (κ1) is 20.3. The van der Waals surface area contributed by atoms with E-state index in [1.807, 2.05) is 25.1 Å². The van der Waals surface area contributed by atoms with Gasteiger partial charge in [0.25, 0.3) is 5.76 Å². The summed E-state index contributed by atoms with van der Waals surface area (Å²) < 4.78 is 24.5. The number of benzene rings is 2. The van der Waals surface area contributed by atoms with Gasteiger partial charge in [0.2, 0.25) is 11.8 Å². The van der Waals surface area contributed by atoms with Gasteiger partial charge >= 0.3 is 0 Å². The maximum Gasteiger partial charge on any atom is 0.288 e. The van der Waals surface area contributed by atoms with Crippen molar-refractivity contribution < 1.29 is 18.4 Å². The van der Waals surface area contributed by atoms with Gasteiger partial charge in [-0.05, 0) is 48.9 Å². The van der Waals surface area contributed by atoms with Crippen LogP contribution in [0.2, 0.25) is 0 Å². The largest absolute Gasteiger partial charge is 0.325 e. The second-order valence-electron chi connectivity index (χ2n) is 5.36. The lowest BCUT2D eigenvalue weighted by molar-refractivity contribution is -0.114. The van der Waals surface area contributed by atoms with Crippen LogP contribution in [0, 0.1) is 6.92 Å². The third-order valence-electron chi connectivity index (χ3n) is 3.13. The minimum absolute atomic E-state index is 0.120. The number of nitrogens with one attached hydrogen (secondary N) is 2. The monoisotopic (exact) mass is 396 g/mol. The van der Waals surface area contributed by atoms with Gasteiger partial charge in [0.1, 0.15) is 0 Å². The van der Waals surface area contributed by atoms with Gasteiger partial charge in [-0.1, -0.05) is 23.9 Å². The molecule has 0 atom stereocenters. The fourth-order valence-electron chi connectivity index (χ4n) is 2.07. The smallest absolute Gasteiger partial charge is 0.288 e. The normalized spacial score (nSPS) is 10.6. The number of carbonyl (C=O) groups excluding carboxylic acids is 2. The van der Waals surface area contributed by atoms with Gasteiger partial charge in [-0.3, -0.25) is 9.59 Å². The Labute approximate surface area is 159 Å². The summed E-state index contributed by atoms with van der Waals surface area (Å²) in [6.07, 6.45) is 0. The molecule has 0 aliphatic carbocycles. The van der Waals surface area contributed by atoms with E-state index < -0.39 is 5.76 Å². The molecule has 0 aromatic heterocycles. The minimum atomic E-state index is -2.47. The Morgan fingerprint density at radius 3 is 2.15 bits per heavy atom. The van der Waals surface area contributed by atoms with Crippen LogP contribution in [0.1, 0.15) is 5.56 Å². The van der Waals surface area contributed by atoms with Crippen LogP contribution in [0.25, 0.3) is 0 Å². The molecule has 0 saturated heterocycles. The van der Waals surface area contributed by atoms with Crippen molar-refractivity contribution >= 4 is 46.7 Å². The molecule has 0 spiro atoms. The first-order valence-corrected chi connectivity index (χ1v) is 9.75. The van der Waals surface area contributed by atoms with Crippen LogP contribution in [0.15, 0.2) is 53.4 Å². The molecular formula is C18H18F2N2O2S2. The minimum Gasteiger partial charge on any atom is -0.325 e. The summed E-state index contributed by atoms with van der Waals surface area (Å²) in [5, 5.41) is 5.44. The van der Waals surface area contributed by atoms with Crippen molar-refractivity contribution in [2.45, 2.75) is 17.6 Å². The van der Waals surface area contributed by atoms with E-state index in [4.69, 9.17) is 0 Å². The van der Waals surface area contributed by atoms with E-state index >= 15 is 0 Å². The van der Waals surface area contributed by atoms with Crippen LogP contribution >= 0.6 is 23.5 Å². The quantitative estimate of drug-likeness (QED) is 0.639. The molecule has 2 N–H and O–H groups in total. The molecule has 8 heteroatoms. The highest BCUT2D eigenvalue weighted by Crippen LogP contribution is 2.26. The molecule has 0 aliphatic rings. The highest BCUT2D eigenvalue weighted by molar-refractivity contribution is 8.00. The Balaban J connectivity index is 1.70. The summed E-state index contributed by atoms with van der Waals surface area (Å²) >= 11 is 1.65. The van der Waals surface area contributed by atoms with E-state index in [9.17, 15) is 18.4 Å². The number of hydrogen-bond donors (Lipinski definition) is 2. The standard InChI is InChI=1S/C18H18F2N2O2S2/c1-12-3-2-4-14(9-12)22-17(24)11-25-10-16(23)21-13-5-7-15(8-6-13)26-18(19)20/h2-9,18H,10-11H2,1H3,(H,21,23)(H,22,24). The van der Waals surface area contributed by atoms with Crippen LogP contribution in [-0.2, 0) is 9.59 Å². The van der Waals surface area contributed by atoms with Crippen molar-refractivity contribution in [1.82, 2.24) is 0 Å². The second-order valence-corrected chi connectivity index (χ2v) is 7.41. The summed E-state index contributed by atoms with van der Waals surface area (Å²) in [5.41, 5.74) is 2.30. The zero-order valence-corrected chi connectivity index (χ0v) is 15.6. The molecule has 0 bridgehead atoms. The molecule has 0 radical (unpaired) electrons. The number of anilines is 2. The lowest BCUT2D eigenvalue weighted by Crippen LogP contribution is -2.18. The molecule has 4 nitrogen and oxygen atoms in total. The predicted molar refractivity (Wildman–Crippen MR) is 104 cm³/mol. The third kappa shape index (κ3) is 7.45. The Bertz CT molecular complexity index is 755. The van der Waals surface area contributed by atoms with Crippen molar-refractivity contribution in [3.8, 4) is 0 Å². The van der Waals surface area contributed by atoms with Gasteiger partial charge in [0.05, 0.1) is 11.5 Å². The maximum absolute atomic E-state index is 12.3. The predicted octanol–water partition coefficient (Wildman–Crippen LogP) is 4.62. The maximum atomic E-state index is 12.3. The zero-order chi connectivity index (χ0) is 18.9. The first-order chi connectivity index (χ1) is 12.4. The topological polar surface area (TPSA) is 58.2 Å². The van der Waals surface area contributed by atoms with Crippen LogP contribution in [0.4, 0.5) is 20.2 Å². The molecule has 2 rings (SSSR count). The van der Waals surface area contributed by atoms with Crippen LogP contribution in [0.3, 0.4) is 0 Å². The molecule has 0 saturated carbocycles. The van der Waals surface area contributed by atoms with Crippen molar-refractivity contribution in [2.75, 3.05) is 22.1 Å². The van der Waals surface area contributed by atoms with E-state index in [1.54, 1.807) is 18.2 Å². The van der Waals surface area contributed by atoms with Crippen molar-refractivity contribution in [2.24, 2.45) is 0 Å². The molecule has 0 aliphatic heterocycles. The van der Waals surface area contributed by atoms with Gasteiger partial charge in [0, 0.05) is 16.3 Å². The van der Waals surface area contributed by atoms with Gasteiger partial charge in [-0.15, -0.1) is 11.8 Å². The SMILES string of the molecule is Cc1cccc(NC(=O)CSCC(=O)Nc2ccc(SC(F)F)cc2)c1. The number of halogens is 2. The Morgan fingerprint density at radius 2 is 1.58 bits per heavy atom. The molecule has 0 fully saturated rings. The lowest BCUT2D eigenvalue weighted by atomic mass is 10.2. The van der Waals surface area contributed by atoms with E-state index in [0.29, 0.717) is 22.3 Å². The fourth-order valence-corrected chi connectivity index (χ4v) is 3.19. The Morgan fingerprint density at radius 1 is 0.962 bits per heavy atom. The summed E-state index contributed by atoms with van der Waals surface area (Å²) in [5.74, 6) is -2.63. The fraction of sp³-hybridized carbons (Fsp3) is 0.222. The van der Waals surface area contributed by atoms with Crippen LogP contribution < -0.4 is 10.6 Å².